The average Bonchev–Trinajstić information content (AvgIpc) is 2.74. The highest BCUT2D eigenvalue weighted by molar-refractivity contribution is 7.89. The van der Waals surface area contributed by atoms with Crippen LogP contribution in [0.5, 0.6) is 0 Å². The lowest BCUT2D eigenvalue weighted by Gasteiger charge is -2.33. The first-order valence-electron chi connectivity index (χ1n) is 9.20. The van der Waals surface area contributed by atoms with E-state index in [0.717, 1.165) is 5.56 Å². The number of rotatable bonds is 5. The molecule has 1 aliphatic heterocycles. The fourth-order valence-electron chi connectivity index (χ4n) is 3.04. The largest absolute Gasteiger partial charge is 0.373 e. The van der Waals surface area contributed by atoms with Gasteiger partial charge in [0.1, 0.15) is 11.6 Å². The molecule has 3 rings (SSSR count). The molecule has 2 aromatic carbocycles. The molecule has 0 radical (unpaired) electrons. The van der Waals surface area contributed by atoms with E-state index >= 15 is 0 Å². The van der Waals surface area contributed by atoms with E-state index in [2.05, 4.69) is 5.32 Å². The smallest absolute Gasteiger partial charge is 0.267 e. The van der Waals surface area contributed by atoms with Gasteiger partial charge in [-0.2, -0.15) is 9.57 Å². The molecule has 0 aromatic heterocycles. The SMILES string of the molecule is Cc1ccccc1NC(=O)/C(C#N)=C\N1CCN(S(=O)(=O)c2ccccc2)CC1. The molecule has 0 bridgehead atoms. The number of nitrogens with one attached hydrogen (secondary N) is 1. The minimum Gasteiger partial charge on any atom is -0.373 e. The van der Waals surface area contributed by atoms with Gasteiger partial charge in [0.2, 0.25) is 10.0 Å². The van der Waals surface area contributed by atoms with Crippen LogP contribution in [0.3, 0.4) is 0 Å². The molecule has 1 amide bonds. The van der Waals surface area contributed by atoms with E-state index in [1.54, 1.807) is 41.3 Å². The van der Waals surface area contributed by atoms with E-state index < -0.39 is 15.9 Å². The summed E-state index contributed by atoms with van der Waals surface area (Å²) < 4.78 is 26.8. The van der Waals surface area contributed by atoms with Gasteiger partial charge in [-0.3, -0.25) is 4.79 Å². The molecule has 150 valence electrons. The standard InChI is InChI=1S/C21H22N4O3S/c1-17-7-5-6-10-20(17)23-21(26)18(15-22)16-24-11-13-25(14-12-24)29(27,28)19-8-3-2-4-9-19/h2-10,16H,11-14H2,1H3,(H,23,26)/b18-16-. The van der Waals surface area contributed by atoms with Crippen LogP contribution < -0.4 is 5.32 Å². The first kappa shape index (κ1) is 20.6. The maximum absolute atomic E-state index is 12.7. The van der Waals surface area contributed by atoms with Crippen molar-refractivity contribution in [2.24, 2.45) is 0 Å². The lowest BCUT2D eigenvalue weighted by atomic mass is 10.2. The van der Waals surface area contributed by atoms with Gasteiger partial charge in [0.25, 0.3) is 5.91 Å². The summed E-state index contributed by atoms with van der Waals surface area (Å²) in [5.74, 6) is -0.485. The molecule has 0 saturated carbocycles. The summed E-state index contributed by atoms with van der Waals surface area (Å²) in [6, 6.07) is 17.6. The summed E-state index contributed by atoms with van der Waals surface area (Å²) in [7, 11) is -3.54. The van der Waals surface area contributed by atoms with Gasteiger partial charge in [0.15, 0.2) is 0 Å². The van der Waals surface area contributed by atoms with Crippen molar-refractivity contribution in [3.05, 3.63) is 71.9 Å². The van der Waals surface area contributed by atoms with Crippen molar-refractivity contribution in [3.63, 3.8) is 0 Å². The van der Waals surface area contributed by atoms with Gasteiger partial charge in [-0.05, 0) is 30.7 Å². The number of sulfonamides is 1. The molecular formula is C21H22N4O3S. The molecule has 1 heterocycles. The molecule has 1 N–H and O–H groups in total. The molecule has 7 nitrogen and oxygen atoms in total. The molecular weight excluding hydrogens is 388 g/mol. The normalized spacial score (nSPS) is 15.6. The van der Waals surface area contributed by atoms with E-state index in [9.17, 15) is 18.5 Å². The number of hydrogen-bond acceptors (Lipinski definition) is 5. The van der Waals surface area contributed by atoms with E-state index in [-0.39, 0.29) is 23.6 Å². The lowest BCUT2D eigenvalue weighted by molar-refractivity contribution is -0.112. The summed E-state index contributed by atoms with van der Waals surface area (Å²) in [6.45, 7) is 3.24. The number of hydrogen-bond donors (Lipinski definition) is 1. The lowest BCUT2D eigenvalue weighted by Crippen LogP contribution is -2.46. The molecule has 0 aliphatic carbocycles. The quantitative estimate of drug-likeness (QED) is 0.603. The van der Waals surface area contributed by atoms with Crippen LogP contribution in [0.4, 0.5) is 5.69 Å². The van der Waals surface area contributed by atoms with E-state index in [1.165, 1.54) is 10.5 Å². The van der Waals surface area contributed by atoms with Crippen LogP contribution in [0.2, 0.25) is 0 Å². The number of nitrogens with zero attached hydrogens (tertiary/aromatic N) is 3. The first-order chi connectivity index (χ1) is 13.9. The van der Waals surface area contributed by atoms with Gasteiger partial charge >= 0.3 is 0 Å². The third-order valence-electron chi connectivity index (χ3n) is 4.72. The van der Waals surface area contributed by atoms with Gasteiger partial charge in [-0.15, -0.1) is 0 Å². The van der Waals surface area contributed by atoms with Crippen LogP contribution in [0.25, 0.3) is 0 Å². The fraction of sp³-hybridized carbons (Fsp3) is 0.238. The summed E-state index contributed by atoms with van der Waals surface area (Å²) in [5, 5.41) is 12.1. The second-order valence-corrected chi connectivity index (χ2v) is 8.61. The number of benzene rings is 2. The van der Waals surface area contributed by atoms with Crippen LogP contribution in [0.15, 0.2) is 71.3 Å². The predicted octanol–water partition coefficient (Wildman–Crippen LogP) is 2.35. The Morgan fingerprint density at radius 2 is 1.66 bits per heavy atom. The zero-order valence-electron chi connectivity index (χ0n) is 16.1. The zero-order valence-corrected chi connectivity index (χ0v) is 16.9. The number of anilines is 1. The van der Waals surface area contributed by atoms with Crippen LogP contribution in [0.1, 0.15) is 5.56 Å². The third-order valence-corrected chi connectivity index (χ3v) is 6.64. The Labute approximate surface area is 170 Å². The molecule has 1 fully saturated rings. The minimum absolute atomic E-state index is 0.0207. The van der Waals surface area contributed by atoms with Crippen molar-refractivity contribution in [2.45, 2.75) is 11.8 Å². The predicted molar refractivity (Wildman–Crippen MR) is 110 cm³/mol. The maximum Gasteiger partial charge on any atom is 0.267 e. The van der Waals surface area contributed by atoms with Gasteiger partial charge in [0.05, 0.1) is 4.90 Å². The summed E-state index contributed by atoms with van der Waals surface area (Å²) in [4.78, 5) is 14.5. The molecule has 0 atom stereocenters. The highest BCUT2D eigenvalue weighted by Gasteiger charge is 2.28. The van der Waals surface area contributed by atoms with Crippen LogP contribution in [0, 0.1) is 18.3 Å². The molecule has 1 aliphatic rings. The van der Waals surface area contributed by atoms with Crippen LogP contribution in [-0.4, -0.2) is 49.7 Å². The van der Waals surface area contributed by atoms with E-state index in [1.807, 2.05) is 31.2 Å². The number of para-hydroxylation sites is 1. The first-order valence-corrected chi connectivity index (χ1v) is 10.6. The van der Waals surface area contributed by atoms with E-state index in [4.69, 9.17) is 0 Å². The fourth-order valence-corrected chi connectivity index (χ4v) is 4.48. The van der Waals surface area contributed by atoms with E-state index in [0.29, 0.717) is 18.8 Å². The van der Waals surface area contributed by atoms with Crippen molar-refractivity contribution < 1.29 is 13.2 Å². The van der Waals surface area contributed by atoms with Gasteiger partial charge in [-0.1, -0.05) is 36.4 Å². The summed E-state index contributed by atoms with van der Waals surface area (Å²) in [6.07, 6.45) is 1.50. The van der Waals surface area contributed by atoms with Gasteiger partial charge < -0.3 is 10.2 Å². The van der Waals surface area contributed by atoms with Crippen molar-refractivity contribution in [2.75, 3.05) is 31.5 Å². The Hall–Kier alpha value is -3.15. The van der Waals surface area contributed by atoms with Gasteiger partial charge in [-0.25, -0.2) is 8.42 Å². The topological polar surface area (TPSA) is 93.5 Å². The minimum atomic E-state index is -3.54. The van der Waals surface area contributed by atoms with Crippen molar-refractivity contribution in [1.82, 2.24) is 9.21 Å². The average molecular weight is 410 g/mol. The number of piperazine rings is 1. The summed E-state index contributed by atoms with van der Waals surface area (Å²) in [5.41, 5.74) is 1.53. The van der Waals surface area contributed by atoms with Crippen LogP contribution in [-0.2, 0) is 14.8 Å². The Balaban J connectivity index is 1.65. The van der Waals surface area contributed by atoms with Crippen molar-refractivity contribution in [3.8, 4) is 6.07 Å². The maximum atomic E-state index is 12.7. The highest BCUT2D eigenvalue weighted by atomic mass is 32.2. The summed E-state index contributed by atoms with van der Waals surface area (Å²) >= 11 is 0. The van der Waals surface area contributed by atoms with Gasteiger partial charge in [0, 0.05) is 38.1 Å². The third kappa shape index (κ3) is 4.83. The molecule has 2 aromatic rings. The second kappa shape index (κ2) is 8.90. The Bertz CT molecular complexity index is 1050. The van der Waals surface area contributed by atoms with Crippen molar-refractivity contribution >= 4 is 21.6 Å². The monoisotopic (exact) mass is 410 g/mol. The second-order valence-electron chi connectivity index (χ2n) is 6.68. The van der Waals surface area contributed by atoms with Crippen molar-refractivity contribution in [1.29, 1.82) is 5.26 Å². The number of carbonyl (C=O) groups is 1. The highest BCUT2D eigenvalue weighted by Crippen LogP contribution is 2.18. The molecule has 0 spiro atoms. The molecule has 29 heavy (non-hydrogen) atoms. The molecule has 8 heteroatoms. The number of amides is 1. The Morgan fingerprint density at radius 3 is 2.28 bits per heavy atom. The number of aryl methyl sites for hydroxylation is 1. The Kier molecular flexibility index (Phi) is 6.32. The Morgan fingerprint density at radius 1 is 1.03 bits per heavy atom. The molecule has 0 unspecified atom stereocenters. The molecule has 1 saturated heterocycles. The zero-order chi connectivity index (χ0) is 20.9. The number of nitriles is 1. The van der Waals surface area contributed by atoms with Crippen LogP contribution >= 0.6 is 0 Å². The number of carbonyl (C=O) groups excluding carboxylic acids is 1.